The van der Waals surface area contributed by atoms with Crippen LogP contribution >= 0.6 is 27.5 Å². The number of benzene rings is 2. The summed E-state index contributed by atoms with van der Waals surface area (Å²) in [6, 6.07) is 15.4. The van der Waals surface area contributed by atoms with Gasteiger partial charge in [0.2, 0.25) is 0 Å². The molecule has 2 aromatic carbocycles. The van der Waals surface area contributed by atoms with Gasteiger partial charge in [0.25, 0.3) is 0 Å². The van der Waals surface area contributed by atoms with Crippen LogP contribution in [0.3, 0.4) is 0 Å². The average molecular weight is 341 g/mol. The van der Waals surface area contributed by atoms with E-state index in [2.05, 4.69) is 15.9 Å². The molecule has 2 nitrogen and oxygen atoms in total. The Hall–Kier alpha value is -1.03. The first-order valence-corrected chi connectivity index (χ1v) is 7.19. The summed E-state index contributed by atoms with van der Waals surface area (Å²) < 4.78 is 6.59. The number of para-hydroxylation sites is 1. The van der Waals surface area contributed by atoms with Gasteiger partial charge in [-0.3, -0.25) is 0 Å². The molecule has 100 valence electrons. The summed E-state index contributed by atoms with van der Waals surface area (Å²) in [6.07, 6.45) is 0.693. The molecule has 0 heterocycles. The minimum atomic E-state index is -0.0844. The summed E-state index contributed by atoms with van der Waals surface area (Å²) >= 11 is 9.55. The molecule has 1 unspecified atom stereocenters. The van der Waals surface area contributed by atoms with Crippen LogP contribution in [0.5, 0.6) is 5.75 Å². The predicted octanol–water partition coefficient (Wildman–Crippen LogP) is 4.05. The van der Waals surface area contributed by atoms with Crippen LogP contribution in [0.25, 0.3) is 0 Å². The standard InChI is InChI=1S/C15H15BrClNO/c16-12-7-6-11(15(17)9-12)8-13(18)10-19-14-4-2-1-3-5-14/h1-7,9,13H,8,10,18H2. The van der Waals surface area contributed by atoms with Crippen molar-refractivity contribution in [3.8, 4) is 5.75 Å². The number of nitrogens with two attached hydrogens (primary N) is 1. The zero-order valence-corrected chi connectivity index (χ0v) is 12.7. The van der Waals surface area contributed by atoms with E-state index in [9.17, 15) is 0 Å². The molecule has 0 amide bonds. The van der Waals surface area contributed by atoms with E-state index in [0.717, 1.165) is 20.8 Å². The lowest BCUT2D eigenvalue weighted by atomic mass is 10.1. The summed E-state index contributed by atoms with van der Waals surface area (Å²) in [4.78, 5) is 0. The highest BCUT2D eigenvalue weighted by Gasteiger charge is 2.08. The third-order valence-electron chi connectivity index (χ3n) is 2.70. The van der Waals surface area contributed by atoms with Crippen LogP contribution in [-0.2, 0) is 6.42 Å². The Morgan fingerprint density at radius 3 is 2.58 bits per heavy atom. The highest BCUT2D eigenvalue weighted by molar-refractivity contribution is 9.10. The number of rotatable bonds is 5. The third kappa shape index (κ3) is 4.53. The van der Waals surface area contributed by atoms with Crippen LogP contribution in [0.4, 0.5) is 0 Å². The first-order chi connectivity index (χ1) is 9.15. The maximum Gasteiger partial charge on any atom is 0.119 e. The van der Waals surface area contributed by atoms with Crippen LogP contribution in [0.1, 0.15) is 5.56 Å². The fourth-order valence-electron chi connectivity index (χ4n) is 1.75. The minimum Gasteiger partial charge on any atom is -0.492 e. The summed E-state index contributed by atoms with van der Waals surface area (Å²) in [7, 11) is 0. The second kappa shape index (κ2) is 6.94. The molecule has 2 aromatic rings. The molecule has 4 heteroatoms. The van der Waals surface area contributed by atoms with Crippen LogP contribution in [0.15, 0.2) is 53.0 Å². The van der Waals surface area contributed by atoms with Gasteiger partial charge in [-0.05, 0) is 36.2 Å². The van der Waals surface area contributed by atoms with Crippen LogP contribution in [-0.4, -0.2) is 12.6 Å². The smallest absolute Gasteiger partial charge is 0.119 e. The maximum atomic E-state index is 6.16. The molecule has 2 N–H and O–H groups in total. The molecule has 0 radical (unpaired) electrons. The van der Waals surface area contributed by atoms with Crippen molar-refractivity contribution in [1.82, 2.24) is 0 Å². The highest BCUT2D eigenvalue weighted by atomic mass is 79.9. The Kier molecular flexibility index (Phi) is 5.25. The molecule has 0 saturated carbocycles. The maximum absolute atomic E-state index is 6.16. The van der Waals surface area contributed by atoms with Crippen LogP contribution in [0, 0.1) is 0 Å². The lowest BCUT2D eigenvalue weighted by Gasteiger charge is -2.14. The number of hydrogen-bond acceptors (Lipinski definition) is 2. The largest absolute Gasteiger partial charge is 0.492 e. The van der Waals surface area contributed by atoms with Gasteiger partial charge in [0.05, 0.1) is 0 Å². The fraction of sp³-hybridized carbons (Fsp3) is 0.200. The van der Waals surface area contributed by atoms with Gasteiger partial charge in [0, 0.05) is 15.5 Å². The van der Waals surface area contributed by atoms with Gasteiger partial charge >= 0.3 is 0 Å². The van der Waals surface area contributed by atoms with Crippen molar-refractivity contribution in [2.24, 2.45) is 5.73 Å². The van der Waals surface area contributed by atoms with Gasteiger partial charge in [-0.2, -0.15) is 0 Å². The van der Waals surface area contributed by atoms with Crippen molar-refractivity contribution < 1.29 is 4.74 Å². The van der Waals surface area contributed by atoms with E-state index in [-0.39, 0.29) is 6.04 Å². The van der Waals surface area contributed by atoms with Gasteiger partial charge in [-0.25, -0.2) is 0 Å². The molecule has 0 bridgehead atoms. The summed E-state index contributed by atoms with van der Waals surface area (Å²) in [5.41, 5.74) is 7.10. The first kappa shape index (κ1) is 14.4. The van der Waals surface area contributed by atoms with E-state index in [1.807, 2.05) is 48.5 Å². The topological polar surface area (TPSA) is 35.2 Å². The SMILES string of the molecule is NC(COc1ccccc1)Cc1ccc(Br)cc1Cl. The normalized spacial score (nSPS) is 12.2. The number of hydrogen-bond donors (Lipinski definition) is 1. The van der Waals surface area contributed by atoms with Gasteiger partial charge in [-0.1, -0.05) is 51.8 Å². The molecule has 1 atom stereocenters. The van der Waals surface area contributed by atoms with Crippen molar-refractivity contribution >= 4 is 27.5 Å². The average Bonchev–Trinajstić information content (AvgIpc) is 2.41. The first-order valence-electron chi connectivity index (χ1n) is 6.02. The van der Waals surface area contributed by atoms with Gasteiger partial charge in [0.15, 0.2) is 0 Å². The van der Waals surface area contributed by atoms with Crippen molar-refractivity contribution in [2.45, 2.75) is 12.5 Å². The van der Waals surface area contributed by atoms with E-state index in [1.165, 1.54) is 0 Å². The number of halogens is 2. The summed E-state index contributed by atoms with van der Waals surface area (Å²) in [5.74, 6) is 0.833. The number of ether oxygens (including phenoxy) is 1. The predicted molar refractivity (Wildman–Crippen MR) is 82.8 cm³/mol. The Balaban J connectivity index is 1.89. The van der Waals surface area contributed by atoms with Gasteiger partial charge in [0.1, 0.15) is 12.4 Å². The Labute approximate surface area is 126 Å². The second-order valence-electron chi connectivity index (χ2n) is 4.32. The third-order valence-corrected chi connectivity index (χ3v) is 3.55. The lowest BCUT2D eigenvalue weighted by Crippen LogP contribution is -2.30. The van der Waals surface area contributed by atoms with Gasteiger partial charge < -0.3 is 10.5 Å². The fourth-order valence-corrected chi connectivity index (χ4v) is 2.50. The minimum absolute atomic E-state index is 0.0844. The Bertz CT molecular complexity index is 533. The van der Waals surface area contributed by atoms with E-state index < -0.39 is 0 Å². The molecule has 0 fully saturated rings. The molecule has 0 aliphatic heterocycles. The van der Waals surface area contributed by atoms with E-state index in [0.29, 0.717) is 13.0 Å². The molecule has 0 aliphatic rings. The van der Waals surface area contributed by atoms with Crippen molar-refractivity contribution in [2.75, 3.05) is 6.61 Å². The van der Waals surface area contributed by atoms with Crippen LogP contribution < -0.4 is 10.5 Å². The molecule has 0 aliphatic carbocycles. The molecule has 0 spiro atoms. The van der Waals surface area contributed by atoms with E-state index in [1.54, 1.807) is 0 Å². The van der Waals surface area contributed by atoms with Crippen molar-refractivity contribution in [3.63, 3.8) is 0 Å². The zero-order chi connectivity index (χ0) is 13.7. The molecular weight excluding hydrogens is 326 g/mol. The summed E-state index contributed by atoms with van der Waals surface area (Å²) in [6.45, 7) is 0.469. The monoisotopic (exact) mass is 339 g/mol. The quantitative estimate of drug-likeness (QED) is 0.891. The highest BCUT2D eigenvalue weighted by Crippen LogP contribution is 2.22. The Morgan fingerprint density at radius 2 is 1.89 bits per heavy atom. The van der Waals surface area contributed by atoms with E-state index >= 15 is 0 Å². The Morgan fingerprint density at radius 1 is 1.16 bits per heavy atom. The molecule has 19 heavy (non-hydrogen) atoms. The molecular formula is C15H15BrClNO. The molecule has 0 saturated heterocycles. The molecule has 0 aromatic heterocycles. The van der Waals surface area contributed by atoms with Crippen molar-refractivity contribution in [3.05, 3.63) is 63.6 Å². The lowest BCUT2D eigenvalue weighted by molar-refractivity contribution is 0.287. The second-order valence-corrected chi connectivity index (χ2v) is 5.65. The van der Waals surface area contributed by atoms with E-state index in [4.69, 9.17) is 22.1 Å². The van der Waals surface area contributed by atoms with Crippen molar-refractivity contribution in [1.29, 1.82) is 0 Å². The summed E-state index contributed by atoms with van der Waals surface area (Å²) in [5, 5.41) is 0.726. The molecule has 2 rings (SSSR count). The van der Waals surface area contributed by atoms with Gasteiger partial charge in [-0.15, -0.1) is 0 Å². The zero-order valence-electron chi connectivity index (χ0n) is 10.4. The van der Waals surface area contributed by atoms with Crippen LogP contribution in [0.2, 0.25) is 5.02 Å².